The van der Waals surface area contributed by atoms with Crippen LogP contribution in [0.15, 0.2) is 24.3 Å². The van der Waals surface area contributed by atoms with Crippen LogP contribution in [0.4, 0.5) is 0 Å². The van der Waals surface area contributed by atoms with Crippen molar-refractivity contribution in [1.82, 2.24) is 4.90 Å². The third-order valence-electron chi connectivity index (χ3n) is 3.00. The average Bonchev–Trinajstić information content (AvgIpc) is 2.30. The molecule has 0 amide bonds. The zero-order chi connectivity index (χ0) is 12.3. The Morgan fingerprint density at radius 3 is 2.71 bits per heavy atom. The molecular formula is C13H17NO3. The number of rotatable bonds is 3. The molecule has 1 atom stereocenters. The van der Waals surface area contributed by atoms with Gasteiger partial charge < -0.3 is 9.84 Å². The first-order chi connectivity index (χ1) is 8.18. The summed E-state index contributed by atoms with van der Waals surface area (Å²) in [7, 11) is 0. The van der Waals surface area contributed by atoms with E-state index in [9.17, 15) is 9.90 Å². The number of hydrogen-bond acceptors (Lipinski definition) is 3. The Hall–Kier alpha value is -1.39. The highest BCUT2D eigenvalue weighted by Crippen LogP contribution is 2.22. The van der Waals surface area contributed by atoms with E-state index >= 15 is 0 Å². The summed E-state index contributed by atoms with van der Waals surface area (Å²) in [5, 5.41) is 9.39. The maximum atomic E-state index is 11.4. The van der Waals surface area contributed by atoms with E-state index in [1.807, 2.05) is 36.1 Å². The van der Waals surface area contributed by atoms with Gasteiger partial charge in [0.1, 0.15) is 6.04 Å². The van der Waals surface area contributed by atoms with Gasteiger partial charge in [-0.05, 0) is 12.5 Å². The number of aryl methyl sites for hydroxylation is 1. The van der Waals surface area contributed by atoms with Crippen LogP contribution >= 0.6 is 0 Å². The van der Waals surface area contributed by atoms with Crippen molar-refractivity contribution in [3.05, 3.63) is 35.4 Å². The van der Waals surface area contributed by atoms with Gasteiger partial charge in [0.2, 0.25) is 0 Å². The molecule has 17 heavy (non-hydrogen) atoms. The van der Waals surface area contributed by atoms with Crippen LogP contribution in [0.3, 0.4) is 0 Å². The van der Waals surface area contributed by atoms with Crippen LogP contribution in [0.1, 0.15) is 17.2 Å². The molecule has 92 valence electrons. The fraction of sp³-hybridized carbons (Fsp3) is 0.462. The van der Waals surface area contributed by atoms with Gasteiger partial charge in [-0.15, -0.1) is 0 Å². The quantitative estimate of drug-likeness (QED) is 0.861. The molecule has 4 heteroatoms. The van der Waals surface area contributed by atoms with Crippen LogP contribution in [0, 0.1) is 6.92 Å². The van der Waals surface area contributed by atoms with Crippen LogP contribution in [0.25, 0.3) is 0 Å². The Balaban J connectivity index is 2.25. The van der Waals surface area contributed by atoms with Gasteiger partial charge >= 0.3 is 5.97 Å². The summed E-state index contributed by atoms with van der Waals surface area (Å²) in [5.41, 5.74) is 1.93. The molecule has 0 bridgehead atoms. The highest BCUT2D eigenvalue weighted by atomic mass is 16.5. The number of carboxylic acids is 1. The van der Waals surface area contributed by atoms with Crippen molar-refractivity contribution >= 4 is 5.97 Å². The molecule has 0 unspecified atom stereocenters. The Labute approximate surface area is 101 Å². The summed E-state index contributed by atoms with van der Waals surface area (Å²) in [6.07, 6.45) is 0. The summed E-state index contributed by atoms with van der Waals surface area (Å²) >= 11 is 0. The molecule has 1 saturated heterocycles. The molecule has 2 rings (SSSR count). The van der Waals surface area contributed by atoms with E-state index in [1.54, 1.807) is 0 Å². The Morgan fingerprint density at radius 1 is 1.41 bits per heavy atom. The predicted molar refractivity (Wildman–Crippen MR) is 63.9 cm³/mol. The van der Waals surface area contributed by atoms with E-state index in [0.717, 1.165) is 11.1 Å². The van der Waals surface area contributed by atoms with Crippen LogP contribution in [0.2, 0.25) is 0 Å². The minimum Gasteiger partial charge on any atom is -0.480 e. The molecule has 1 heterocycles. The SMILES string of the molecule is Cc1cccc([C@@H](C(=O)O)N2CCOCC2)c1. The first-order valence-electron chi connectivity index (χ1n) is 5.79. The van der Waals surface area contributed by atoms with E-state index in [2.05, 4.69) is 0 Å². The fourth-order valence-corrected chi connectivity index (χ4v) is 2.19. The van der Waals surface area contributed by atoms with Crippen LogP contribution in [-0.4, -0.2) is 42.3 Å². The lowest BCUT2D eigenvalue weighted by Gasteiger charge is -2.32. The summed E-state index contributed by atoms with van der Waals surface area (Å²) in [6.45, 7) is 4.53. The number of nitrogens with zero attached hydrogens (tertiary/aromatic N) is 1. The standard InChI is InChI=1S/C13H17NO3/c1-10-3-2-4-11(9-10)12(13(15)16)14-5-7-17-8-6-14/h2-4,9,12H,5-8H2,1H3,(H,15,16)/t12-/m0/s1. The van der Waals surface area contributed by atoms with Crippen molar-refractivity contribution in [2.45, 2.75) is 13.0 Å². The van der Waals surface area contributed by atoms with Crippen molar-refractivity contribution in [3.63, 3.8) is 0 Å². The lowest BCUT2D eigenvalue weighted by atomic mass is 10.0. The number of morpholine rings is 1. The molecule has 1 aromatic rings. The van der Waals surface area contributed by atoms with Crippen LogP contribution < -0.4 is 0 Å². The number of hydrogen-bond donors (Lipinski definition) is 1. The summed E-state index contributed by atoms with van der Waals surface area (Å²) in [5.74, 6) is -0.794. The van der Waals surface area contributed by atoms with Crippen LogP contribution in [-0.2, 0) is 9.53 Å². The Kier molecular flexibility index (Phi) is 3.76. The van der Waals surface area contributed by atoms with Gasteiger partial charge in [-0.25, -0.2) is 0 Å². The highest BCUT2D eigenvalue weighted by Gasteiger charge is 2.28. The van der Waals surface area contributed by atoms with E-state index in [0.29, 0.717) is 26.3 Å². The first-order valence-corrected chi connectivity index (χ1v) is 5.79. The smallest absolute Gasteiger partial charge is 0.325 e. The normalized spacial score (nSPS) is 18.9. The molecule has 1 N–H and O–H groups in total. The number of carbonyl (C=O) groups is 1. The molecular weight excluding hydrogens is 218 g/mol. The van der Waals surface area contributed by atoms with Crippen LogP contribution in [0.5, 0.6) is 0 Å². The zero-order valence-corrected chi connectivity index (χ0v) is 9.93. The van der Waals surface area contributed by atoms with Gasteiger partial charge in [-0.1, -0.05) is 29.8 Å². The molecule has 4 nitrogen and oxygen atoms in total. The molecule has 1 aromatic carbocycles. The molecule has 0 saturated carbocycles. The molecule has 0 aromatic heterocycles. The van der Waals surface area contributed by atoms with Gasteiger partial charge in [-0.2, -0.15) is 0 Å². The molecule has 1 aliphatic heterocycles. The van der Waals surface area contributed by atoms with Crippen molar-refractivity contribution in [3.8, 4) is 0 Å². The fourth-order valence-electron chi connectivity index (χ4n) is 2.19. The molecule has 0 aliphatic carbocycles. The Bertz CT molecular complexity index is 399. The molecule has 1 aliphatic rings. The minimum atomic E-state index is -0.794. The second-order valence-corrected chi connectivity index (χ2v) is 4.30. The van der Waals surface area contributed by atoms with Crippen molar-refractivity contribution < 1.29 is 14.6 Å². The largest absolute Gasteiger partial charge is 0.480 e. The highest BCUT2D eigenvalue weighted by molar-refractivity contribution is 5.75. The maximum absolute atomic E-state index is 11.4. The summed E-state index contributed by atoms with van der Waals surface area (Å²) in [6, 6.07) is 7.14. The van der Waals surface area contributed by atoms with Crippen molar-refractivity contribution in [2.24, 2.45) is 0 Å². The van der Waals surface area contributed by atoms with Crippen molar-refractivity contribution in [1.29, 1.82) is 0 Å². The van der Waals surface area contributed by atoms with Gasteiger partial charge in [0, 0.05) is 13.1 Å². The molecule has 1 fully saturated rings. The average molecular weight is 235 g/mol. The van der Waals surface area contributed by atoms with Gasteiger partial charge in [-0.3, -0.25) is 9.69 Å². The molecule has 0 spiro atoms. The lowest BCUT2D eigenvalue weighted by Crippen LogP contribution is -2.42. The van der Waals surface area contributed by atoms with Gasteiger partial charge in [0.05, 0.1) is 13.2 Å². The topological polar surface area (TPSA) is 49.8 Å². The zero-order valence-electron chi connectivity index (χ0n) is 9.93. The monoisotopic (exact) mass is 235 g/mol. The number of carboxylic acid groups (broad SMARTS) is 1. The second-order valence-electron chi connectivity index (χ2n) is 4.30. The van der Waals surface area contributed by atoms with Gasteiger partial charge in [0.15, 0.2) is 0 Å². The number of ether oxygens (including phenoxy) is 1. The maximum Gasteiger partial charge on any atom is 0.325 e. The third kappa shape index (κ3) is 2.84. The van der Waals surface area contributed by atoms with E-state index in [1.165, 1.54) is 0 Å². The summed E-state index contributed by atoms with van der Waals surface area (Å²) < 4.78 is 5.25. The molecule has 0 radical (unpaired) electrons. The summed E-state index contributed by atoms with van der Waals surface area (Å²) in [4.78, 5) is 13.4. The third-order valence-corrected chi connectivity index (χ3v) is 3.00. The van der Waals surface area contributed by atoms with Gasteiger partial charge in [0.25, 0.3) is 0 Å². The Morgan fingerprint density at radius 2 is 2.12 bits per heavy atom. The lowest BCUT2D eigenvalue weighted by molar-refractivity contribution is -0.145. The second kappa shape index (κ2) is 5.29. The van der Waals surface area contributed by atoms with Crippen molar-refractivity contribution in [2.75, 3.05) is 26.3 Å². The van der Waals surface area contributed by atoms with E-state index < -0.39 is 12.0 Å². The number of aliphatic carboxylic acids is 1. The predicted octanol–water partition coefficient (Wildman–Crippen LogP) is 1.45. The first kappa shape index (κ1) is 12.1. The number of benzene rings is 1. The van der Waals surface area contributed by atoms with E-state index in [-0.39, 0.29) is 0 Å². The van der Waals surface area contributed by atoms with E-state index in [4.69, 9.17) is 4.74 Å². The minimum absolute atomic E-state index is 0.557.